The summed E-state index contributed by atoms with van der Waals surface area (Å²) < 4.78 is 0. The van der Waals surface area contributed by atoms with Crippen LogP contribution in [0.15, 0.2) is 30.3 Å². The molecule has 1 aliphatic heterocycles. The molecule has 0 saturated carbocycles. The Morgan fingerprint density at radius 2 is 1.95 bits per heavy atom. The molecule has 1 aromatic rings. The van der Waals surface area contributed by atoms with E-state index in [1.54, 1.807) is 11.9 Å². The molecule has 114 valence electrons. The van der Waals surface area contributed by atoms with Crippen LogP contribution in [0, 0.1) is 0 Å². The van der Waals surface area contributed by atoms with Gasteiger partial charge in [0.2, 0.25) is 11.8 Å². The quantitative estimate of drug-likeness (QED) is 0.878. The van der Waals surface area contributed by atoms with Crippen LogP contribution in [0.1, 0.15) is 12.5 Å². The van der Waals surface area contributed by atoms with E-state index in [1.807, 2.05) is 18.2 Å². The second kappa shape index (κ2) is 7.22. The van der Waals surface area contributed by atoms with Gasteiger partial charge < -0.3 is 10.2 Å². The van der Waals surface area contributed by atoms with Crippen molar-refractivity contribution in [2.24, 2.45) is 0 Å². The molecule has 1 aliphatic rings. The molecule has 5 nitrogen and oxygen atoms in total. The summed E-state index contributed by atoms with van der Waals surface area (Å²) in [5, 5.41) is 2.65. The van der Waals surface area contributed by atoms with E-state index in [2.05, 4.69) is 22.3 Å². The van der Waals surface area contributed by atoms with Crippen LogP contribution in [-0.4, -0.2) is 60.9 Å². The number of carbonyl (C=O) groups is 2. The van der Waals surface area contributed by atoms with E-state index in [0.717, 1.165) is 19.5 Å². The smallest absolute Gasteiger partial charge is 0.243 e. The van der Waals surface area contributed by atoms with Gasteiger partial charge in [-0.2, -0.15) is 0 Å². The fraction of sp³-hybridized carbons (Fsp3) is 0.500. The average Bonchev–Trinajstić information content (AvgIpc) is 2.52. The number of nitrogens with one attached hydrogen (secondary N) is 1. The normalized spacial score (nSPS) is 19.3. The van der Waals surface area contributed by atoms with Crippen molar-refractivity contribution in [2.45, 2.75) is 19.4 Å². The molecule has 1 atom stereocenters. The number of piperazine rings is 1. The van der Waals surface area contributed by atoms with Crippen molar-refractivity contribution in [1.29, 1.82) is 0 Å². The Morgan fingerprint density at radius 1 is 1.24 bits per heavy atom. The van der Waals surface area contributed by atoms with Gasteiger partial charge in [0.25, 0.3) is 0 Å². The molecule has 5 heteroatoms. The molecule has 1 saturated heterocycles. The number of hydrogen-bond donors (Lipinski definition) is 1. The molecule has 1 heterocycles. The van der Waals surface area contributed by atoms with Crippen LogP contribution in [-0.2, 0) is 16.0 Å². The SMILES string of the molecule is CNC(=O)C1CN(CCc2ccccc2)CCN1C(C)=O. The second-order valence-electron chi connectivity index (χ2n) is 5.38. The van der Waals surface area contributed by atoms with Gasteiger partial charge in [-0.25, -0.2) is 0 Å². The van der Waals surface area contributed by atoms with Crippen molar-refractivity contribution in [2.75, 3.05) is 33.2 Å². The summed E-state index contributed by atoms with van der Waals surface area (Å²) in [6, 6.07) is 9.94. The second-order valence-corrected chi connectivity index (χ2v) is 5.38. The fourth-order valence-corrected chi connectivity index (χ4v) is 2.74. The minimum absolute atomic E-state index is 0.0358. The Kier molecular flexibility index (Phi) is 5.33. The number of carbonyl (C=O) groups excluding carboxylic acids is 2. The van der Waals surface area contributed by atoms with E-state index in [0.29, 0.717) is 13.1 Å². The van der Waals surface area contributed by atoms with E-state index in [9.17, 15) is 9.59 Å². The maximum Gasteiger partial charge on any atom is 0.243 e. The van der Waals surface area contributed by atoms with Gasteiger partial charge in [-0.15, -0.1) is 0 Å². The van der Waals surface area contributed by atoms with Gasteiger partial charge in [-0.1, -0.05) is 30.3 Å². The largest absolute Gasteiger partial charge is 0.357 e. The molecular formula is C16H23N3O2. The van der Waals surface area contributed by atoms with Crippen molar-refractivity contribution < 1.29 is 9.59 Å². The van der Waals surface area contributed by atoms with Gasteiger partial charge in [0.1, 0.15) is 6.04 Å². The number of rotatable bonds is 4. The van der Waals surface area contributed by atoms with Crippen LogP contribution in [0.25, 0.3) is 0 Å². The highest BCUT2D eigenvalue weighted by Gasteiger charge is 2.32. The van der Waals surface area contributed by atoms with Crippen molar-refractivity contribution in [3.8, 4) is 0 Å². The van der Waals surface area contributed by atoms with Gasteiger partial charge in [-0.3, -0.25) is 14.5 Å². The van der Waals surface area contributed by atoms with Crippen molar-refractivity contribution in [3.05, 3.63) is 35.9 Å². The van der Waals surface area contributed by atoms with Gasteiger partial charge in [-0.05, 0) is 12.0 Å². The number of benzene rings is 1. The summed E-state index contributed by atoms with van der Waals surface area (Å²) in [4.78, 5) is 27.5. The molecule has 0 aromatic heterocycles. The first-order chi connectivity index (χ1) is 10.1. The summed E-state index contributed by atoms with van der Waals surface area (Å²) in [5.41, 5.74) is 1.29. The lowest BCUT2D eigenvalue weighted by atomic mass is 10.1. The van der Waals surface area contributed by atoms with Gasteiger partial charge in [0, 0.05) is 40.2 Å². The predicted octanol–water partition coefficient (Wildman–Crippen LogP) is 0.508. The zero-order chi connectivity index (χ0) is 15.2. The summed E-state index contributed by atoms with van der Waals surface area (Å²) >= 11 is 0. The molecule has 0 radical (unpaired) electrons. The highest BCUT2D eigenvalue weighted by molar-refractivity contribution is 5.87. The van der Waals surface area contributed by atoms with Crippen LogP contribution < -0.4 is 5.32 Å². The minimum Gasteiger partial charge on any atom is -0.357 e. The lowest BCUT2D eigenvalue weighted by Crippen LogP contribution is -2.60. The van der Waals surface area contributed by atoms with Crippen molar-refractivity contribution in [3.63, 3.8) is 0 Å². The summed E-state index contributed by atoms with van der Waals surface area (Å²) in [5.74, 6) is -0.124. The Bertz CT molecular complexity index is 490. The van der Waals surface area contributed by atoms with Crippen molar-refractivity contribution >= 4 is 11.8 Å². The third kappa shape index (κ3) is 4.04. The van der Waals surface area contributed by atoms with Crippen LogP contribution in [0.2, 0.25) is 0 Å². The molecule has 21 heavy (non-hydrogen) atoms. The maximum atomic E-state index is 12.0. The zero-order valence-corrected chi connectivity index (χ0v) is 12.7. The van der Waals surface area contributed by atoms with E-state index >= 15 is 0 Å². The maximum absolute atomic E-state index is 12.0. The number of amides is 2. The summed E-state index contributed by atoms with van der Waals surface area (Å²) in [7, 11) is 1.61. The molecule has 1 unspecified atom stereocenters. The molecule has 1 N–H and O–H groups in total. The van der Waals surface area contributed by atoms with Crippen LogP contribution in [0.3, 0.4) is 0 Å². The summed E-state index contributed by atoms with van der Waals surface area (Å²) in [6.07, 6.45) is 0.960. The number of likely N-dealkylation sites (N-methyl/N-ethyl adjacent to an activating group) is 1. The third-order valence-electron chi connectivity index (χ3n) is 3.98. The van der Waals surface area contributed by atoms with Crippen LogP contribution in [0.4, 0.5) is 0 Å². The molecular weight excluding hydrogens is 266 g/mol. The molecule has 0 bridgehead atoms. The molecule has 0 spiro atoms. The number of hydrogen-bond acceptors (Lipinski definition) is 3. The highest BCUT2D eigenvalue weighted by atomic mass is 16.2. The molecule has 0 aliphatic carbocycles. The van der Waals surface area contributed by atoms with Crippen molar-refractivity contribution in [1.82, 2.24) is 15.1 Å². The molecule has 1 aromatic carbocycles. The van der Waals surface area contributed by atoms with E-state index in [1.165, 1.54) is 12.5 Å². The number of nitrogens with zero attached hydrogens (tertiary/aromatic N) is 2. The first kappa shape index (κ1) is 15.5. The van der Waals surface area contributed by atoms with E-state index in [4.69, 9.17) is 0 Å². The first-order valence-corrected chi connectivity index (χ1v) is 7.37. The minimum atomic E-state index is -0.378. The van der Waals surface area contributed by atoms with E-state index in [-0.39, 0.29) is 17.9 Å². The Labute approximate surface area is 125 Å². The topological polar surface area (TPSA) is 52.7 Å². The average molecular weight is 289 g/mol. The molecule has 2 rings (SSSR count). The highest BCUT2D eigenvalue weighted by Crippen LogP contribution is 2.12. The van der Waals surface area contributed by atoms with Gasteiger partial charge in [0.05, 0.1) is 0 Å². The zero-order valence-electron chi connectivity index (χ0n) is 12.7. The predicted molar refractivity (Wildman–Crippen MR) is 81.8 cm³/mol. The standard InChI is InChI=1S/C16H23N3O2/c1-13(20)19-11-10-18(12-15(19)16(21)17-2)9-8-14-6-4-3-5-7-14/h3-7,15H,8-12H2,1-2H3,(H,17,21). The monoisotopic (exact) mass is 289 g/mol. The Morgan fingerprint density at radius 3 is 2.57 bits per heavy atom. The lowest BCUT2D eigenvalue weighted by molar-refractivity contribution is -0.142. The molecule has 1 fully saturated rings. The fourth-order valence-electron chi connectivity index (χ4n) is 2.74. The molecule has 2 amide bonds. The first-order valence-electron chi connectivity index (χ1n) is 7.37. The van der Waals surface area contributed by atoms with Gasteiger partial charge >= 0.3 is 0 Å². The Balaban J connectivity index is 1.94. The lowest BCUT2D eigenvalue weighted by Gasteiger charge is -2.40. The van der Waals surface area contributed by atoms with E-state index < -0.39 is 0 Å². The van der Waals surface area contributed by atoms with Crippen LogP contribution in [0.5, 0.6) is 0 Å². The van der Waals surface area contributed by atoms with Gasteiger partial charge in [0.15, 0.2) is 0 Å². The third-order valence-corrected chi connectivity index (χ3v) is 3.98. The Hall–Kier alpha value is -1.88. The van der Waals surface area contributed by atoms with Crippen LogP contribution >= 0.6 is 0 Å². The summed E-state index contributed by atoms with van der Waals surface area (Å²) in [6.45, 7) is 4.47.